The van der Waals surface area contributed by atoms with E-state index in [0.29, 0.717) is 58.4 Å². The molecule has 1 atom stereocenters. The van der Waals surface area contributed by atoms with Crippen LogP contribution >= 0.6 is 0 Å². The molecule has 0 fully saturated rings. The van der Waals surface area contributed by atoms with Crippen LogP contribution < -0.4 is 0 Å². The summed E-state index contributed by atoms with van der Waals surface area (Å²) in [6.45, 7) is 7.96. The SMILES string of the molecule is CCCCCCCCC(CCCCCC)COC(=O)CCCOCCOCCOC. The molecule has 0 N–H and O–H groups in total. The number of hydrogen-bond acceptors (Lipinski definition) is 5. The lowest BCUT2D eigenvalue weighted by Gasteiger charge is -2.17. The van der Waals surface area contributed by atoms with Crippen LogP contribution in [0.25, 0.3) is 0 Å². The maximum absolute atomic E-state index is 12.1. The molecule has 0 aliphatic carbocycles. The summed E-state index contributed by atoms with van der Waals surface area (Å²) in [6.07, 6.45) is 16.6. The van der Waals surface area contributed by atoms with Gasteiger partial charge in [-0.15, -0.1) is 0 Å². The van der Waals surface area contributed by atoms with E-state index in [9.17, 15) is 4.79 Å². The molecule has 0 saturated carbocycles. The molecule has 0 radical (unpaired) electrons. The summed E-state index contributed by atoms with van der Waals surface area (Å²) < 4.78 is 21.3. The Kier molecular flexibility index (Phi) is 24.1. The molecule has 0 spiro atoms. The van der Waals surface area contributed by atoms with E-state index in [0.717, 1.165) is 0 Å². The van der Waals surface area contributed by atoms with E-state index in [1.807, 2.05) is 0 Å². The van der Waals surface area contributed by atoms with E-state index in [1.165, 1.54) is 77.0 Å². The van der Waals surface area contributed by atoms with Crippen LogP contribution in [0.15, 0.2) is 0 Å². The molecule has 180 valence electrons. The van der Waals surface area contributed by atoms with Crippen molar-refractivity contribution >= 4 is 5.97 Å². The van der Waals surface area contributed by atoms with Crippen molar-refractivity contribution in [1.82, 2.24) is 0 Å². The molecule has 0 aliphatic rings. The van der Waals surface area contributed by atoms with Crippen LogP contribution in [0.4, 0.5) is 0 Å². The number of esters is 1. The van der Waals surface area contributed by atoms with Gasteiger partial charge in [-0.05, 0) is 25.2 Å². The number of carbonyl (C=O) groups is 1. The van der Waals surface area contributed by atoms with Crippen LogP contribution in [-0.4, -0.2) is 52.7 Å². The van der Waals surface area contributed by atoms with Crippen LogP contribution in [0.3, 0.4) is 0 Å². The molecule has 30 heavy (non-hydrogen) atoms. The largest absolute Gasteiger partial charge is 0.465 e. The number of unbranched alkanes of at least 4 members (excludes halogenated alkanes) is 8. The molecule has 0 rings (SSSR count). The minimum atomic E-state index is -0.0866. The van der Waals surface area contributed by atoms with E-state index in [-0.39, 0.29) is 5.97 Å². The Balaban J connectivity index is 3.82. The minimum Gasteiger partial charge on any atom is -0.465 e. The highest BCUT2D eigenvalue weighted by atomic mass is 16.5. The summed E-state index contributed by atoms with van der Waals surface area (Å²) >= 11 is 0. The van der Waals surface area contributed by atoms with Crippen LogP contribution in [0.2, 0.25) is 0 Å². The van der Waals surface area contributed by atoms with Crippen molar-refractivity contribution in [2.75, 3.05) is 46.8 Å². The van der Waals surface area contributed by atoms with Crippen molar-refractivity contribution in [3.8, 4) is 0 Å². The summed E-state index contributed by atoms with van der Waals surface area (Å²) in [5, 5.41) is 0. The van der Waals surface area contributed by atoms with Crippen molar-refractivity contribution in [3.05, 3.63) is 0 Å². The first-order valence-electron chi connectivity index (χ1n) is 12.5. The average molecular weight is 431 g/mol. The maximum atomic E-state index is 12.1. The van der Waals surface area contributed by atoms with Gasteiger partial charge in [0.05, 0.1) is 33.0 Å². The van der Waals surface area contributed by atoms with E-state index in [2.05, 4.69) is 13.8 Å². The summed E-state index contributed by atoms with van der Waals surface area (Å²) in [5.74, 6) is 0.439. The summed E-state index contributed by atoms with van der Waals surface area (Å²) in [6, 6.07) is 0. The lowest BCUT2D eigenvalue weighted by Crippen LogP contribution is -2.15. The van der Waals surface area contributed by atoms with Gasteiger partial charge in [0.1, 0.15) is 0 Å². The lowest BCUT2D eigenvalue weighted by atomic mass is 9.95. The van der Waals surface area contributed by atoms with Crippen molar-refractivity contribution in [2.24, 2.45) is 5.92 Å². The van der Waals surface area contributed by atoms with E-state index < -0.39 is 0 Å². The zero-order valence-electron chi connectivity index (χ0n) is 20.3. The average Bonchev–Trinajstić information content (AvgIpc) is 2.75. The number of rotatable bonds is 24. The van der Waals surface area contributed by atoms with Crippen molar-refractivity contribution in [1.29, 1.82) is 0 Å². The Hall–Kier alpha value is -0.650. The quantitative estimate of drug-likeness (QED) is 0.132. The standard InChI is InChI=1S/C25H50O5/c1-4-6-8-10-11-13-16-24(15-12-9-7-5-2)23-30-25(26)17-14-18-28-21-22-29-20-19-27-3/h24H,4-23H2,1-3H3. The number of hydrogen-bond donors (Lipinski definition) is 0. The first-order valence-corrected chi connectivity index (χ1v) is 12.5. The molecule has 0 bridgehead atoms. The molecule has 0 saturated heterocycles. The summed E-state index contributed by atoms with van der Waals surface area (Å²) in [4.78, 5) is 12.1. The second kappa shape index (κ2) is 24.6. The Labute approximate surface area is 186 Å². The summed E-state index contributed by atoms with van der Waals surface area (Å²) in [7, 11) is 1.66. The Morgan fingerprint density at radius 1 is 0.667 bits per heavy atom. The number of carbonyl (C=O) groups excluding carboxylic acids is 1. The topological polar surface area (TPSA) is 54.0 Å². The highest BCUT2D eigenvalue weighted by molar-refractivity contribution is 5.69. The van der Waals surface area contributed by atoms with Gasteiger partial charge in [-0.3, -0.25) is 4.79 Å². The van der Waals surface area contributed by atoms with Gasteiger partial charge in [0.2, 0.25) is 0 Å². The Morgan fingerprint density at radius 2 is 1.20 bits per heavy atom. The van der Waals surface area contributed by atoms with E-state index in [1.54, 1.807) is 7.11 Å². The molecule has 0 aromatic rings. The van der Waals surface area contributed by atoms with Gasteiger partial charge in [0, 0.05) is 20.1 Å². The minimum absolute atomic E-state index is 0.0866. The molecule has 1 unspecified atom stereocenters. The second-order valence-corrected chi connectivity index (χ2v) is 8.28. The van der Waals surface area contributed by atoms with Crippen LogP contribution in [0.5, 0.6) is 0 Å². The molecule has 0 amide bonds. The van der Waals surface area contributed by atoms with Gasteiger partial charge >= 0.3 is 5.97 Å². The normalized spacial score (nSPS) is 12.2. The molecule has 0 aromatic carbocycles. The first-order chi connectivity index (χ1) is 14.7. The third-order valence-corrected chi connectivity index (χ3v) is 5.39. The highest BCUT2D eigenvalue weighted by Gasteiger charge is 2.12. The number of methoxy groups -OCH3 is 1. The van der Waals surface area contributed by atoms with Crippen molar-refractivity contribution < 1.29 is 23.7 Å². The van der Waals surface area contributed by atoms with Gasteiger partial charge in [-0.2, -0.15) is 0 Å². The summed E-state index contributed by atoms with van der Waals surface area (Å²) in [5.41, 5.74) is 0. The Morgan fingerprint density at radius 3 is 1.83 bits per heavy atom. The monoisotopic (exact) mass is 430 g/mol. The maximum Gasteiger partial charge on any atom is 0.305 e. The van der Waals surface area contributed by atoms with Crippen molar-refractivity contribution in [3.63, 3.8) is 0 Å². The number of ether oxygens (including phenoxy) is 4. The molecular formula is C25H50O5. The fraction of sp³-hybridized carbons (Fsp3) is 0.960. The fourth-order valence-electron chi connectivity index (χ4n) is 3.45. The van der Waals surface area contributed by atoms with Gasteiger partial charge in [0.15, 0.2) is 0 Å². The zero-order valence-corrected chi connectivity index (χ0v) is 20.3. The molecule has 0 aromatic heterocycles. The third kappa shape index (κ3) is 22.0. The fourth-order valence-corrected chi connectivity index (χ4v) is 3.45. The van der Waals surface area contributed by atoms with Gasteiger partial charge in [0.25, 0.3) is 0 Å². The smallest absolute Gasteiger partial charge is 0.305 e. The van der Waals surface area contributed by atoms with Gasteiger partial charge < -0.3 is 18.9 Å². The van der Waals surface area contributed by atoms with Gasteiger partial charge in [-0.1, -0.05) is 78.1 Å². The molecular weight excluding hydrogens is 380 g/mol. The first kappa shape index (κ1) is 29.4. The molecule has 5 nitrogen and oxygen atoms in total. The molecule has 5 heteroatoms. The van der Waals surface area contributed by atoms with Crippen LogP contribution in [0.1, 0.15) is 104 Å². The van der Waals surface area contributed by atoms with Crippen LogP contribution in [0, 0.1) is 5.92 Å². The van der Waals surface area contributed by atoms with Crippen molar-refractivity contribution in [2.45, 2.75) is 104 Å². The third-order valence-electron chi connectivity index (χ3n) is 5.39. The van der Waals surface area contributed by atoms with Crippen LogP contribution in [-0.2, 0) is 23.7 Å². The predicted molar refractivity (Wildman–Crippen MR) is 124 cm³/mol. The molecule has 0 heterocycles. The highest BCUT2D eigenvalue weighted by Crippen LogP contribution is 2.19. The van der Waals surface area contributed by atoms with Gasteiger partial charge in [-0.25, -0.2) is 0 Å². The lowest BCUT2D eigenvalue weighted by molar-refractivity contribution is -0.145. The van der Waals surface area contributed by atoms with E-state index >= 15 is 0 Å². The van der Waals surface area contributed by atoms with E-state index in [4.69, 9.17) is 18.9 Å². The predicted octanol–water partition coefficient (Wildman–Crippen LogP) is 6.33. The zero-order chi connectivity index (χ0) is 22.1. The second-order valence-electron chi connectivity index (χ2n) is 8.28. The Bertz CT molecular complexity index is 348. The molecule has 0 aliphatic heterocycles.